The second kappa shape index (κ2) is 7.92. The molecule has 23 heavy (non-hydrogen) atoms. The first kappa shape index (κ1) is 17.2. The number of carbonyl (C=O) groups is 3. The van der Waals surface area contributed by atoms with E-state index in [-0.39, 0.29) is 36.4 Å². The highest BCUT2D eigenvalue weighted by atomic mass is 35.5. The first-order valence-corrected chi connectivity index (χ1v) is 7.78. The minimum Gasteiger partial charge on any atom is -0.350 e. The maximum Gasteiger partial charge on any atom is 0.269 e. The van der Waals surface area contributed by atoms with Gasteiger partial charge in [-0.15, -0.1) is 0 Å². The van der Waals surface area contributed by atoms with Gasteiger partial charge in [-0.25, -0.2) is 0 Å². The van der Waals surface area contributed by atoms with Crippen molar-refractivity contribution < 1.29 is 14.4 Å². The van der Waals surface area contributed by atoms with Crippen LogP contribution in [0.4, 0.5) is 0 Å². The molecule has 1 fully saturated rings. The normalized spacial score (nSPS) is 14.5. The number of piperazine rings is 1. The molecule has 1 aromatic rings. The number of nitrogens with zero attached hydrogens (tertiary/aromatic N) is 3. The third kappa shape index (κ3) is 4.92. The minimum absolute atomic E-state index is 0.0263. The van der Waals surface area contributed by atoms with Crippen LogP contribution in [-0.2, 0) is 9.59 Å². The molecule has 0 spiro atoms. The van der Waals surface area contributed by atoms with E-state index >= 15 is 0 Å². The Balaban J connectivity index is 1.73. The fourth-order valence-electron chi connectivity index (χ4n) is 2.33. The van der Waals surface area contributed by atoms with Crippen molar-refractivity contribution in [1.29, 1.82) is 0 Å². The Bertz CT molecular complexity index is 600. The lowest BCUT2D eigenvalue weighted by Crippen LogP contribution is -2.50. The quantitative estimate of drug-likeness (QED) is 0.869. The number of carbonyl (C=O) groups excluding carboxylic acids is 3. The molecule has 8 heteroatoms. The number of halogens is 1. The van der Waals surface area contributed by atoms with Crippen molar-refractivity contribution in [3.05, 3.63) is 29.0 Å². The Hall–Kier alpha value is -2.15. The van der Waals surface area contributed by atoms with Crippen molar-refractivity contribution in [2.45, 2.75) is 13.3 Å². The van der Waals surface area contributed by atoms with Crippen LogP contribution in [-0.4, -0.2) is 65.2 Å². The smallest absolute Gasteiger partial charge is 0.269 e. The molecule has 7 nitrogen and oxygen atoms in total. The van der Waals surface area contributed by atoms with Crippen LogP contribution in [0.2, 0.25) is 5.02 Å². The summed E-state index contributed by atoms with van der Waals surface area (Å²) >= 11 is 5.80. The zero-order valence-electron chi connectivity index (χ0n) is 12.9. The molecule has 124 valence electrons. The first-order valence-electron chi connectivity index (χ1n) is 7.40. The lowest BCUT2D eigenvalue weighted by molar-refractivity contribution is -0.138. The zero-order chi connectivity index (χ0) is 16.8. The van der Waals surface area contributed by atoms with Crippen molar-refractivity contribution in [3.8, 4) is 0 Å². The molecular formula is C15H19ClN4O3. The zero-order valence-corrected chi connectivity index (χ0v) is 13.7. The number of pyridine rings is 1. The van der Waals surface area contributed by atoms with E-state index in [4.69, 9.17) is 11.6 Å². The van der Waals surface area contributed by atoms with Crippen molar-refractivity contribution in [2.75, 3.05) is 32.7 Å². The Morgan fingerprint density at radius 1 is 1.22 bits per heavy atom. The van der Waals surface area contributed by atoms with Crippen molar-refractivity contribution in [2.24, 2.45) is 0 Å². The van der Waals surface area contributed by atoms with Crippen molar-refractivity contribution in [3.63, 3.8) is 0 Å². The van der Waals surface area contributed by atoms with Crippen LogP contribution >= 0.6 is 11.6 Å². The summed E-state index contributed by atoms with van der Waals surface area (Å²) in [5.74, 6) is -0.368. The van der Waals surface area contributed by atoms with Gasteiger partial charge in [-0.1, -0.05) is 11.6 Å². The molecule has 1 aliphatic rings. The molecule has 0 aromatic carbocycles. The summed E-state index contributed by atoms with van der Waals surface area (Å²) in [5.41, 5.74) is 0.222. The number of rotatable bonds is 4. The molecule has 0 aliphatic carbocycles. The third-order valence-corrected chi connectivity index (χ3v) is 3.89. The van der Waals surface area contributed by atoms with Gasteiger partial charge in [0.25, 0.3) is 5.91 Å². The van der Waals surface area contributed by atoms with Gasteiger partial charge < -0.3 is 15.1 Å². The van der Waals surface area contributed by atoms with Crippen LogP contribution in [0.3, 0.4) is 0 Å². The number of nitrogens with one attached hydrogen (secondary N) is 1. The van der Waals surface area contributed by atoms with Gasteiger partial charge in [-0.2, -0.15) is 0 Å². The highest BCUT2D eigenvalue weighted by Gasteiger charge is 2.22. The van der Waals surface area contributed by atoms with Crippen LogP contribution in [0.15, 0.2) is 18.3 Å². The molecule has 1 N–H and O–H groups in total. The molecule has 0 saturated carbocycles. The van der Waals surface area contributed by atoms with E-state index in [2.05, 4.69) is 10.3 Å². The molecule has 3 amide bonds. The predicted molar refractivity (Wildman–Crippen MR) is 85.0 cm³/mol. The van der Waals surface area contributed by atoms with Gasteiger partial charge in [0, 0.05) is 57.3 Å². The first-order chi connectivity index (χ1) is 11.0. The van der Waals surface area contributed by atoms with E-state index in [9.17, 15) is 14.4 Å². The lowest BCUT2D eigenvalue weighted by atomic mass is 10.2. The van der Waals surface area contributed by atoms with Crippen LogP contribution in [0.25, 0.3) is 0 Å². The molecule has 0 atom stereocenters. The average molecular weight is 339 g/mol. The Morgan fingerprint density at radius 2 is 1.87 bits per heavy atom. The van der Waals surface area contributed by atoms with Gasteiger partial charge in [0.2, 0.25) is 11.8 Å². The Kier molecular flexibility index (Phi) is 5.92. The summed E-state index contributed by atoms with van der Waals surface area (Å²) in [6, 6.07) is 3.06. The molecule has 0 bridgehead atoms. The number of hydrogen-bond donors (Lipinski definition) is 1. The summed E-state index contributed by atoms with van der Waals surface area (Å²) in [4.78, 5) is 42.5. The maximum absolute atomic E-state index is 12.1. The molecule has 2 rings (SSSR count). The molecular weight excluding hydrogens is 320 g/mol. The average Bonchev–Trinajstić information content (AvgIpc) is 2.54. The van der Waals surface area contributed by atoms with Crippen molar-refractivity contribution in [1.82, 2.24) is 20.1 Å². The number of amides is 3. The second-order valence-electron chi connectivity index (χ2n) is 5.25. The number of aromatic nitrogens is 1. The summed E-state index contributed by atoms with van der Waals surface area (Å²) in [7, 11) is 0. The van der Waals surface area contributed by atoms with E-state index in [1.165, 1.54) is 19.2 Å². The van der Waals surface area contributed by atoms with Crippen molar-refractivity contribution >= 4 is 29.3 Å². The largest absolute Gasteiger partial charge is 0.350 e. The van der Waals surface area contributed by atoms with Gasteiger partial charge in [0.15, 0.2) is 0 Å². The molecule has 1 saturated heterocycles. The standard InChI is InChI=1S/C15H19ClN4O3/c1-11(21)19-6-8-20(9-7-19)14(22)3-5-18-15(23)13-10-12(16)2-4-17-13/h2,4,10H,3,5-9H2,1H3,(H,18,23). The third-order valence-electron chi connectivity index (χ3n) is 3.66. The number of hydrogen-bond acceptors (Lipinski definition) is 4. The Morgan fingerprint density at radius 3 is 2.48 bits per heavy atom. The molecule has 0 unspecified atom stereocenters. The highest BCUT2D eigenvalue weighted by Crippen LogP contribution is 2.08. The van der Waals surface area contributed by atoms with Gasteiger partial charge in [0.05, 0.1) is 0 Å². The monoisotopic (exact) mass is 338 g/mol. The highest BCUT2D eigenvalue weighted by molar-refractivity contribution is 6.30. The molecule has 2 heterocycles. The maximum atomic E-state index is 12.1. The van der Waals surface area contributed by atoms with E-state index in [1.807, 2.05) is 0 Å². The predicted octanol–water partition coefficient (Wildman–Crippen LogP) is 0.546. The van der Waals surface area contributed by atoms with Crippen LogP contribution in [0.1, 0.15) is 23.8 Å². The SMILES string of the molecule is CC(=O)N1CCN(C(=O)CCNC(=O)c2cc(Cl)ccn2)CC1. The van der Waals surface area contributed by atoms with Gasteiger partial charge >= 0.3 is 0 Å². The molecule has 1 aliphatic heterocycles. The topological polar surface area (TPSA) is 82.6 Å². The van der Waals surface area contributed by atoms with Crippen LogP contribution < -0.4 is 5.32 Å². The van der Waals surface area contributed by atoms with Crippen LogP contribution in [0, 0.1) is 0 Å². The fraction of sp³-hybridized carbons (Fsp3) is 0.467. The summed E-state index contributed by atoms with van der Waals surface area (Å²) < 4.78 is 0. The molecule has 0 radical (unpaired) electrons. The van der Waals surface area contributed by atoms with E-state index in [0.717, 1.165) is 0 Å². The van der Waals surface area contributed by atoms with Gasteiger partial charge in [0.1, 0.15) is 5.69 Å². The van der Waals surface area contributed by atoms with E-state index in [0.29, 0.717) is 31.2 Å². The van der Waals surface area contributed by atoms with Crippen LogP contribution in [0.5, 0.6) is 0 Å². The molecule has 1 aromatic heterocycles. The summed E-state index contributed by atoms with van der Waals surface area (Å²) in [6.07, 6.45) is 1.67. The van der Waals surface area contributed by atoms with E-state index in [1.54, 1.807) is 15.9 Å². The minimum atomic E-state index is -0.360. The van der Waals surface area contributed by atoms with Gasteiger partial charge in [-0.05, 0) is 12.1 Å². The van der Waals surface area contributed by atoms with Gasteiger partial charge in [-0.3, -0.25) is 19.4 Å². The fourth-order valence-corrected chi connectivity index (χ4v) is 2.49. The van der Waals surface area contributed by atoms with E-state index < -0.39 is 0 Å². The summed E-state index contributed by atoms with van der Waals surface area (Å²) in [5, 5.41) is 3.09. The second-order valence-corrected chi connectivity index (χ2v) is 5.69. The lowest BCUT2D eigenvalue weighted by Gasteiger charge is -2.34. The Labute approximate surface area is 139 Å². The summed E-state index contributed by atoms with van der Waals surface area (Å²) in [6.45, 7) is 3.93.